The van der Waals surface area contributed by atoms with Crippen LogP contribution in [-0.2, 0) is 4.74 Å². The Hall–Kier alpha value is -1.69. The number of aliphatic hydroxyl groups is 1. The number of amides is 1. The number of alkyl halides is 2. The van der Waals surface area contributed by atoms with E-state index < -0.39 is 18.1 Å². The number of halogens is 2. The summed E-state index contributed by atoms with van der Waals surface area (Å²) in [6.07, 6.45) is -1.94. The quantitative estimate of drug-likeness (QED) is 0.801. The predicted octanol–water partition coefficient (Wildman–Crippen LogP) is 4.35. The molecule has 6 heteroatoms. The van der Waals surface area contributed by atoms with Gasteiger partial charge < -0.3 is 14.7 Å². The Morgan fingerprint density at radius 3 is 2.42 bits per heavy atom. The average molecular weight is 343 g/mol. The molecule has 1 atom stereocenters. The van der Waals surface area contributed by atoms with Gasteiger partial charge in [0.15, 0.2) is 0 Å². The van der Waals surface area contributed by atoms with E-state index in [1.165, 1.54) is 17.0 Å². The van der Waals surface area contributed by atoms with Gasteiger partial charge in [-0.1, -0.05) is 18.2 Å². The fourth-order valence-corrected chi connectivity index (χ4v) is 2.36. The maximum Gasteiger partial charge on any atom is 0.410 e. The summed E-state index contributed by atoms with van der Waals surface area (Å²) in [5, 5.41) is 9.25. The number of carbonyl (C=O) groups excluding carboxylic acids is 1. The Balaban J connectivity index is 2.73. The Kier molecular flexibility index (Phi) is 7.60. The molecule has 1 N–H and O–H groups in total. The van der Waals surface area contributed by atoms with Gasteiger partial charge in [-0.05, 0) is 51.2 Å². The van der Waals surface area contributed by atoms with Gasteiger partial charge in [0.1, 0.15) is 5.60 Å². The number of rotatable bonds is 7. The van der Waals surface area contributed by atoms with Crippen LogP contribution in [0.4, 0.5) is 13.6 Å². The lowest BCUT2D eigenvalue weighted by Crippen LogP contribution is -2.35. The van der Waals surface area contributed by atoms with E-state index in [2.05, 4.69) is 0 Å². The molecule has 1 aromatic carbocycles. The zero-order valence-electron chi connectivity index (χ0n) is 14.8. The number of hydrogen-bond acceptors (Lipinski definition) is 3. The van der Waals surface area contributed by atoms with Gasteiger partial charge in [0, 0.05) is 25.8 Å². The highest BCUT2D eigenvalue weighted by atomic mass is 19.3. The van der Waals surface area contributed by atoms with E-state index in [0.717, 1.165) is 5.56 Å². The largest absolute Gasteiger partial charge is 0.444 e. The number of carbonyl (C=O) groups is 1. The first-order valence-electron chi connectivity index (χ1n) is 8.07. The second-order valence-corrected chi connectivity index (χ2v) is 6.87. The van der Waals surface area contributed by atoms with Crippen molar-refractivity contribution in [2.75, 3.05) is 20.2 Å². The molecule has 0 aliphatic carbocycles. The summed E-state index contributed by atoms with van der Waals surface area (Å²) in [6, 6.07) is 6.23. The van der Waals surface area contributed by atoms with Crippen LogP contribution in [-0.4, -0.2) is 41.9 Å². The normalized spacial score (nSPS) is 13.0. The molecule has 24 heavy (non-hydrogen) atoms. The predicted molar refractivity (Wildman–Crippen MR) is 89.3 cm³/mol. The molecule has 0 saturated heterocycles. The SMILES string of the molecule is CN(CC[C@H](CCO)c1cccc(C(F)F)c1)C(=O)OC(C)(C)C. The van der Waals surface area contributed by atoms with Crippen LogP contribution in [0.2, 0.25) is 0 Å². The van der Waals surface area contributed by atoms with Crippen molar-refractivity contribution in [2.45, 2.75) is 51.6 Å². The second-order valence-electron chi connectivity index (χ2n) is 6.87. The lowest BCUT2D eigenvalue weighted by atomic mass is 9.91. The summed E-state index contributed by atoms with van der Waals surface area (Å²) in [5.74, 6) is -0.0985. The average Bonchev–Trinajstić information content (AvgIpc) is 2.49. The van der Waals surface area contributed by atoms with Gasteiger partial charge >= 0.3 is 6.09 Å². The number of nitrogens with zero attached hydrogens (tertiary/aromatic N) is 1. The van der Waals surface area contributed by atoms with Crippen molar-refractivity contribution in [2.24, 2.45) is 0 Å². The van der Waals surface area contributed by atoms with Gasteiger partial charge in [-0.3, -0.25) is 0 Å². The molecule has 1 aromatic rings. The minimum atomic E-state index is -2.52. The molecule has 0 saturated carbocycles. The third kappa shape index (κ3) is 6.83. The highest BCUT2D eigenvalue weighted by Crippen LogP contribution is 2.28. The third-order valence-electron chi connectivity index (χ3n) is 3.63. The van der Waals surface area contributed by atoms with Crippen LogP contribution < -0.4 is 0 Å². The first-order valence-corrected chi connectivity index (χ1v) is 8.07. The Labute approximate surface area is 142 Å². The molecule has 1 amide bonds. The monoisotopic (exact) mass is 343 g/mol. The number of hydrogen-bond donors (Lipinski definition) is 1. The second kappa shape index (κ2) is 8.97. The summed E-state index contributed by atoms with van der Waals surface area (Å²) in [7, 11) is 1.64. The Morgan fingerprint density at radius 2 is 1.88 bits per heavy atom. The number of aliphatic hydroxyl groups excluding tert-OH is 1. The van der Waals surface area contributed by atoms with Gasteiger partial charge in [-0.15, -0.1) is 0 Å². The minimum Gasteiger partial charge on any atom is -0.444 e. The van der Waals surface area contributed by atoms with Gasteiger partial charge in [0.2, 0.25) is 0 Å². The molecular weight excluding hydrogens is 316 g/mol. The van der Waals surface area contributed by atoms with E-state index in [4.69, 9.17) is 4.74 Å². The summed E-state index contributed by atoms with van der Waals surface area (Å²) >= 11 is 0. The first kappa shape index (κ1) is 20.4. The van der Waals surface area contributed by atoms with Crippen molar-refractivity contribution in [1.29, 1.82) is 0 Å². The van der Waals surface area contributed by atoms with E-state index in [-0.39, 0.29) is 18.1 Å². The van der Waals surface area contributed by atoms with Gasteiger partial charge in [0.05, 0.1) is 0 Å². The standard InChI is InChI=1S/C18H27F2NO3/c1-18(2,3)24-17(23)21(4)10-8-13(9-11-22)14-6-5-7-15(12-14)16(19)20/h5-7,12-13,16,22H,8-11H2,1-4H3/t13-/m1/s1. The maximum absolute atomic E-state index is 12.9. The van der Waals surface area contributed by atoms with Crippen molar-refractivity contribution >= 4 is 6.09 Å². The third-order valence-corrected chi connectivity index (χ3v) is 3.63. The highest BCUT2D eigenvalue weighted by molar-refractivity contribution is 5.67. The van der Waals surface area contributed by atoms with E-state index in [9.17, 15) is 18.7 Å². The van der Waals surface area contributed by atoms with Crippen molar-refractivity contribution in [1.82, 2.24) is 4.90 Å². The van der Waals surface area contributed by atoms with Crippen molar-refractivity contribution in [3.8, 4) is 0 Å². The smallest absolute Gasteiger partial charge is 0.410 e. The molecule has 0 radical (unpaired) electrons. The molecule has 0 spiro atoms. The lowest BCUT2D eigenvalue weighted by Gasteiger charge is -2.26. The summed E-state index contributed by atoms with van der Waals surface area (Å²) in [6.45, 7) is 5.76. The lowest BCUT2D eigenvalue weighted by molar-refractivity contribution is 0.0293. The van der Waals surface area contributed by atoms with E-state index in [1.54, 1.807) is 40.0 Å². The van der Waals surface area contributed by atoms with Gasteiger partial charge in [-0.2, -0.15) is 0 Å². The minimum absolute atomic E-state index is 0.0315. The molecule has 4 nitrogen and oxygen atoms in total. The Bertz CT molecular complexity index is 529. The Morgan fingerprint density at radius 1 is 1.25 bits per heavy atom. The van der Waals surface area contributed by atoms with Crippen molar-refractivity contribution < 1.29 is 23.4 Å². The zero-order valence-corrected chi connectivity index (χ0v) is 14.8. The highest BCUT2D eigenvalue weighted by Gasteiger charge is 2.21. The fraction of sp³-hybridized carbons (Fsp3) is 0.611. The molecule has 0 bridgehead atoms. The molecule has 0 aromatic heterocycles. The first-order chi connectivity index (χ1) is 11.1. The van der Waals surface area contributed by atoms with Crippen LogP contribution in [0.3, 0.4) is 0 Å². The zero-order chi connectivity index (χ0) is 18.3. The molecule has 0 unspecified atom stereocenters. The van der Waals surface area contributed by atoms with Crippen LogP contribution >= 0.6 is 0 Å². The number of benzene rings is 1. The molecule has 0 aliphatic rings. The van der Waals surface area contributed by atoms with Gasteiger partial charge in [-0.25, -0.2) is 13.6 Å². The summed E-state index contributed by atoms with van der Waals surface area (Å²) < 4.78 is 31.0. The van der Waals surface area contributed by atoms with Crippen LogP contribution in [0.5, 0.6) is 0 Å². The van der Waals surface area contributed by atoms with E-state index >= 15 is 0 Å². The molecule has 1 rings (SSSR count). The van der Waals surface area contributed by atoms with Crippen molar-refractivity contribution in [3.05, 3.63) is 35.4 Å². The maximum atomic E-state index is 12.9. The summed E-state index contributed by atoms with van der Waals surface area (Å²) in [5.41, 5.74) is 0.150. The molecule has 0 fully saturated rings. The van der Waals surface area contributed by atoms with Crippen molar-refractivity contribution in [3.63, 3.8) is 0 Å². The topological polar surface area (TPSA) is 49.8 Å². The van der Waals surface area contributed by atoms with Crippen LogP contribution in [0, 0.1) is 0 Å². The van der Waals surface area contributed by atoms with E-state index in [1.807, 2.05) is 0 Å². The molecular formula is C18H27F2NO3. The number of ether oxygens (including phenoxy) is 1. The van der Waals surface area contributed by atoms with Crippen LogP contribution in [0.1, 0.15) is 57.1 Å². The molecule has 136 valence electrons. The van der Waals surface area contributed by atoms with Crippen LogP contribution in [0.25, 0.3) is 0 Å². The fourth-order valence-electron chi connectivity index (χ4n) is 2.36. The molecule has 0 aliphatic heterocycles. The van der Waals surface area contributed by atoms with Crippen LogP contribution in [0.15, 0.2) is 24.3 Å². The summed E-state index contributed by atoms with van der Waals surface area (Å²) in [4.78, 5) is 13.4. The van der Waals surface area contributed by atoms with Gasteiger partial charge in [0.25, 0.3) is 6.43 Å². The molecule has 0 heterocycles. The van der Waals surface area contributed by atoms with E-state index in [0.29, 0.717) is 19.4 Å².